The monoisotopic (exact) mass is 503 g/mol. The van der Waals surface area contributed by atoms with Gasteiger partial charge in [-0.05, 0) is 49.6 Å². The highest BCUT2D eigenvalue weighted by atomic mass is 16.5. The van der Waals surface area contributed by atoms with Crippen molar-refractivity contribution in [3.05, 3.63) is 59.5 Å². The van der Waals surface area contributed by atoms with Crippen LogP contribution < -0.4 is 16.4 Å². The Labute approximate surface area is 216 Å². The molecule has 0 aliphatic carbocycles. The second-order valence-electron chi connectivity index (χ2n) is 9.41. The van der Waals surface area contributed by atoms with Crippen LogP contribution in [-0.4, -0.2) is 71.3 Å². The van der Waals surface area contributed by atoms with Crippen molar-refractivity contribution < 1.29 is 14.3 Å². The molecule has 194 valence electrons. The van der Waals surface area contributed by atoms with Crippen LogP contribution >= 0.6 is 0 Å². The van der Waals surface area contributed by atoms with Crippen molar-refractivity contribution >= 4 is 23.2 Å². The predicted octanol–water partition coefficient (Wildman–Crippen LogP) is 3.11. The Hall–Kier alpha value is -3.60. The SMILES string of the molecule is Cc1cc(-c2nc(C(N)=O)c(Nc3ccc(CN4CCOCC4)cc3)nc2NC2CCOCC2)ccn1. The number of carbonyl (C=O) groups excluding carboxylic acids is 1. The van der Waals surface area contributed by atoms with Crippen LogP contribution in [0.2, 0.25) is 0 Å². The summed E-state index contributed by atoms with van der Waals surface area (Å²) in [7, 11) is 0. The fraction of sp³-hybridized carbons (Fsp3) is 0.407. The zero-order valence-corrected chi connectivity index (χ0v) is 21.1. The van der Waals surface area contributed by atoms with E-state index in [4.69, 9.17) is 25.2 Å². The Morgan fingerprint density at radius 1 is 1.03 bits per heavy atom. The quantitative estimate of drug-likeness (QED) is 0.425. The number of anilines is 3. The first-order valence-electron chi connectivity index (χ1n) is 12.7. The van der Waals surface area contributed by atoms with Gasteiger partial charge in [0.15, 0.2) is 17.3 Å². The van der Waals surface area contributed by atoms with Crippen molar-refractivity contribution in [1.82, 2.24) is 19.9 Å². The Kier molecular flexibility index (Phi) is 7.88. The number of aromatic nitrogens is 3. The normalized spacial score (nSPS) is 16.9. The summed E-state index contributed by atoms with van der Waals surface area (Å²) in [5.74, 6) is 0.259. The third-order valence-electron chi connectivity index (χ3n) is 6.59. The first-order chi connectivity index (χ1) is 18.0. The highest BCUT2D eigenvalue weighted by Crippen LogP contribution is 2.30. The number of benzene rings is 1. The van der Waals surface area contributed by atoms with Crippen LogP contribution in [0.25, 0.3) is 11.3 Å². The standard InChI is InChI=1S/C27H33N7O3/c1-18-16-20(6-9-29-18)23-26(31-22-7-12-36-13-8-22)33-27(24(32-23)25(28)35)30-21-4-2-19(3-5-21)17-34-10-14-37-15-11-34/h2-6,9,16,22H,7-8,10-15,17H2,1H3,(H2,28,35)(H2,30,31,33). The predicted molar refractivity (Wildman–Crippen MR) is 142 cm³/mol. The molecular formula is C27H33N7O3. The van der Waals surface area contributed by atoms with Crippen LogP contribution in [0.4, 0.5) is 17.3 Å². The summed E-state index contributed by atoms with van der Waals surface area (Å²) >= 11 is 0. The number of morpholine rings is 1. The molecule has 2 aromatic heterocycles. The fourth-order valence-corrected chi connectivity index (χ4v) is 4.57. The minimum absolute atomic E-state index is 0.0828. The molecule has 2 aliphatic heterocycles. The maximum atomic E-state index is 12.5. The Balaban J connectivity index is 1.44. The average molecular weight is 504 g/mol. The average Bonchev–Trinajstić information content (AvgIpc) is 2.91. The van der Waals surface area contributed by atoms with Crippen LogP contribution in [0.1, 0.15) is 34.6 Å². The maximum Gasteiger partial charge on any atom is 0.271 e. The third-order valence-corrected chi connectivity index (χ3v) is 6.59. The van der Waals surface area contributed by atoms with Crippen LogP contribution in [0.3, 0.4) is 0 Å². The van der Waals surface area contributed by atoms with Crippen LogP contribution in [0.5, 0.6) is 0 Å². The molecule has 2 fully saturated rings. The molecule has 2 aliphatic rings. The summed E-state index contributed by atoms with van der Waals surface area (Å²) in [4.78, 5) is 28.6. The highest BCUT2D eigenvalue weighted by Gasteiger charge is 2.22. The van der Waals surface area contributed by atoms with E-state index in [2.05, 4.69) is 32.7 Å². The van der Waals surface area contributed by atoms with Gasteiger partial charge in [0.2, 0.25) is 0 Å². The molecule has 37 heavy (non-hydrogen) atoms. The lowest BCUT2D eigenvalue weighted by Crippen LogP contribution is -2.35. The van der Waals surface area contributed by atoms with Gasteiger partial charge in [-0.3, -0.25) is 14.7 Å². The van der Waals surface area contributed by atoms with Crippen molar-refractivity contribution in [1.29, 1.82) is 0 Å². The van der Waals surface area contributed by atoms with Crippen LogP contribution in [0, 0.1) is 6.92 Å². The van der Waals surface area contributed by atoms with E-state index in [1.165, 1.54) is 5.56 Å². The number of pyridine rings is 1. The van der Waals surface area contributed by atoms with E-state index in [0.29, 0.717) is 30.5 Å². The van der Waals surface area contributed by atoms with E-state index in [1.807, 2.05) is 31.2 Å². The molecule has 2 saturated heterocycles. The minimum atomic E-state index is -0.649. The van der Waals surface area contributed by atoms with Crippen LogP contribution in [-0.2, 0) is 16.0 Å². The summed E-state index contributed by atoms with van der Waals surface area (Å²) in [6.45, 7) is 7.58. The summed E-state index contributed by atoms with van der Waals surface area (Å²) in [5.41, 5.74) is 10.1. The summed E-state index contributed by atoms with van der Waals surface area (Å²) in [6, 6.07) is 12.1. The number of hydrogen-bond donors (Lipinski definition) is 3. The second kappa shape index (κ2) is 11.6. The van der Waals surface area contributed by atoms with Gasteiger partial charge in [-0.15, -0.1) is 0 Å². The zero-order valence-electron chi connectivity index (χ0n) is 21.1. The highest BCUT2D eigenvalue weighted by molar-refractivity contribution is 5.97. The molecule has 10 nitrogen and oxygen atoms in total. The van der Waals surface area contributed by atoms with E-state index in [-0.39, 0.29) is 11.7 Å². The zero-order chi connectivity index (χ0) is 25.6. The number of nitrogens with one attached hydrogen (secondary N) is 2. The molecule has 4 N–H and O–H groups in total. The summed E-state index contributed by atoms with van der Waals surface area (Å²) in [5, 5.41) is 6.80. The summed E-state index contributed by atoms with van der Waals surface area (Å²) < 4.78 is 10.9. The molecule has 0 saturated carbocycles. The number of hydrogen-bond acceptors (Lipinski definition) is 9. The van der Waals surface area contributed by atoms with Crippen molar-refractivity contribution in [3.8, 4) is 11.3 Å². The van der Waals surface area contributed by atoms with Crippen LogP contribution in [0.15, 0.2) is 42.6 Å². The molecule has 0 spiro atoms. The summed E-state index contributed by atoms with van der Waals surface area (Å²) in [6.07, 6.45) is 3.45. The Morgan fingerprint density at radius 2 is 1.76 bits per heavy atom. The van der Waals surface area contributed by atoms with E-state index in [0.717, 1.165) is 62.6 Å². The molecule has 0 radical (unpaired) electrons. The van der Waals surface area contributed by atoms with Gasteiger partial charge >= 0.3 is 0 Å². The van der Waals surface area contributed by atoms with Gasteiger partial charge < -0.3 is 25.8 Å². The lowest BCUT2D eigenvalue weighted by molar-refractivity contribution is 0.0342. The third kappa shape index (κ3) is 6.40. The molecular weight excluding hydrogens is 470 g/mol. The topological polar surface area (TPSA) is 128 Å². The van der Waals surface area contributed by atoms with Gasteiger partial charge in [0, 0.05) is 62.0 Å². The first-order valence-corrected chi connectivity index (χ1v) is 12.7. The molecule has 1 amide bonds. The van der Waals surface area contributed by atoms with Gasteiger partial charge in [0.1, 0.15) is 5.69 Å². The largest absolute Gasteiger partial charge is 0.381 e. The van der Waals surface area contributed by atoms with Gasteiger partial charge in [-0.2, -0.15) is 0 Å². The molecule has 0 unspecified atom stereocenters. The van der Waals surface area contributed by atoms with E-state index >= 15 is 0 Å². The molecule has 1 aromatic carbocycles. The number of nitrogens with zero attached hydrogens (tertiary/aromatic N) is 4. The number of aryl methyl sites for hydroxylation is 1. The van der Waals surface area contributed by atoms with Gasteiger partial charge in [0.25, 0.3) is 5.91 Å². The lowest BCUT2D eigenvalue weighted by atomic mass is 10.1. The Bertz CT molecular complexity index is 1220. The first kappa shape index (κ1) is 25.1. The van der Waals surface area contributed by atoms with E-state index < -0.39 is 5.91 Å². The second-order valence-corrected chi connectivity index (χ2v) is 9.41. The number of ether oxygens (including phenoxy) is 2. The van der Waals surface area contributed by atoms with E-state index in [1.54, 1.807) is 6.20 Å². The van der Waals surface area contributed by atoms with Crippen molar-refractivity contribution in [2.75, 3.05) is 50.2 Å². The maximum absolute atomic E-state index is 12.5. The molecule has 5 rings (SSSR count). The van der Waals surface area contributed by atoms with E-state index in [9.17, 15) is 4.79 Å². The smallest absolute Gasteiger partial charge is 0.271 e. The van der Waals surface area contributed by atoms with Gasteiger partial charge in [-0.1, -0.05) is 12.1 Å². The van der Waals surface area contributed by atoms with Gasteiger partial charge in [-0.25, -0.2) is 9.97 Å². The number of rotatable bonds is 8. The molecule has 3 aromatic rings. The lowest BCUT2D eigenvalue weighted by Gasteiger charge is -2.26. The number of nitrogens with two attached hydrogens (primary N) is 1. The van der Waals surface area contributed by atoms with Crippen molar-refractivity contribution in [2.24, 2.45) is 5.73 Å². The minimum Gasteiger partial charge on any atom is -0.381 e. The molecule has 0 atom stereocenters. The van der Waals surface area contributed by atoms with Gasteiger partial charge in [0.05, 0.1) is 13.2 Å². The fourth-order valence-electron chi connectivity index (χ4n) is 4.57. The number of carbonyl (C=O) groups is 1. The molecule has 4 heterocycles. The number of primary amides is 1. The van der Waals surface area contributed by atoms with Crippen molar-refractivity contribution in [2.45, 2.75) is 32.4 Å². The molecule has 10 heteroatoms. The number of amides is 1. The Morgan fingerprint density at radius 3 is 2.46 bits per heavy atom. The van der Waals surface area contributed by atoms with Crippen molar-refractivity contribution in [3.63, 3.8) is 0 Å². The molecule has 0 bridgehead atoms.